The van der Waals surface area contributed by atoms with Gasteiger partial charge in [-0.25, -0.2) is 0 Å². The van der Waals surface area contributed by atoms with Crippen molar-refractivity contribution in [3.63, 3.8) is 0 Å². The molecule has 0 aliphatic heterocycles. The molecule has 9 rings (SSSR count). The average molecular weight is 559 g/mol. The van der Waals surface area contributed by atoms with Crippen molar-refractivity contribution in [1.82, 2.24) is 0 Å². The summed E-state index contributed by atoms with van der Waals surface area (Å²) in [4.78, 5) is 0. The number of hydrogen-bond acceptors (Lipinski definition) is 0. The van der Waals surface area contributed by atoms with Gasteiger partial charge in [0.15, 0.2) is 0 Å². The van der Waals surface area contributed by atoms with Gasteiger partial charge in [0.25, 0.3) is 0 Å². The summed E-state index contributed by atoms with van der Waals surface area (Å²) >= 11 is 0. The lowest BCUT2D eigenvalue weighted by molar-refractivity contribution is 1.01. The van der Waals surface area contributed by atoms with E-state index in [4.69, 9.17) is 0 Å². The molecule has 7 aromatic carbocycles. The van der Waals surface area contributed by atoms with Crippen molar-refractivity contribution in [2.24, 2.45) is 0 Å². The van der Waals surface area contributed by atoms with Gasteiger partial charge in [0, 0.05) is 5.92 Å². The van der Waals surface area contributed by atoms with E-state index in [-0.39, 0.29) is 5.92 Å². The van der Waals surface area contributed by atoms with Crippen LogP contribution in [0.15, 0.2) is 164 Å². The second-order valence-electron chi connectivity index (χ2n) is 12.1. The van der Waals surface area contributed by atoms with Crippen LogP contribution in [0.1, 0.15) is 33.7 Å². The van der Waals surface area contributed by atoms with Crippen LogP contribution >= 0.6 is 0 Å². The predicted octanol–water partition coefficient (Wildman–Crippen LogP) is 11.4. The summed E-state index contributed by atoms with van der Waals surface area (Å²) < 4.78 is 0. The molecule has 0 N–H and O–H groups in total. The fourth-order valence-electron chi connectivity index (χ4n) is 7.45. The number of benzene rings is 7. The zero-order valence-corrected chi connectivity index (χ0v) is 24.4. The average Bonchev–Trinajstić information content (AvgIpc) is 3.63. The summed E-state index contributed by atoms with van der Waals surface area (Å²) in [5, 5.41) is 0. The van der Waals surface area contributed by atoms with Crippen molar-refractivity contribution < 1.29 is 0 Å². The third-order valence-electron chi connectivity index (χ3n) is 9.56. The van der Waals surface area contributed by atoms with Gasteiger partial charge in [0.2, 0.25) is 0 Å². The van der Waals surface area contributed by atoms with Crippen LogP contribution in [0.25, 0.3) is 55.6 Å². The molecule has 0 nitrogen and oxygen atoms in total. The summed E-state index contributed by atoms with van der Waals surface area (Å²) in [5.74, 6) is 0.226. The summed E-state index contributed by atoms with van der Waals surface area (Å²) in [5.41, 5.74) is 20.0. The molecule has 0 spiro atoms. The Balaban J connectivity index is 1.15. The van der Waals surface area contributed by atoms with Crippen molar-refractivity contribution >= 4 is 0 Å². The van der Waals surface area contributed by atoms with E-state index in [1.54, 1.807) is 0 Å². The first kappa shape index (κ1) is 25.1. The van der Waals surface area contributed by atoms with Crippen molar-refractivity contribution in [2.45, 2.75) is 12.3 Å². The molecule has 44 heavy (non-hydrogen) atoms. The number of hydrogen-bond donors (Lipinski definition) is 0. The summed E-state index contributed by atoms with van der Waals surface area (Å²) in [7, 11) is 0. The molecule has 0 aromatic heterocycles. The second kappa shape index (κ2) is 10.1. The Labute approximate surface area is 258 Å². The Kier molecular flexibility index (Phi) is 5.74. The summed E-state index contributed by atoms with van der Waals surface area (Å²) in [6.07, 6.45) is 1.02. The van der Waals surface area contributed by atoms with Crippen LogP contribution in [0.2, 0.25) is 0 Å². The minimum Gasteiger partial charge on any atom is -0.0622 e. The monoisotopic (exact) mass is 558 g/mol. The number of rotatable bonds is 4. The van der Waals surface area contributed by atoms with E-state index in [1.807, 2.05) is 0 Å². The standard InChI is InChI=1S/C44H30/c1-3-11-29(12-4-1)34-24-35(30-13-5-2-6-14-30)26-36(25-34)31-19-21-32(22-20-31)44-40-18-10-9-17-39(40)42-27-37-23-33-15-7-8-16-38(33)41(37)28-43(42)44/h1-22,24-28,44H,23H2. The van der Waals surface area contributed by atoms with E-state index in [1.165, 1.54) is 83.5 Å². The third-order valence-corrected chi connectivity index (χ3v) is 9.56. The minimum absolute atomic E-state index is 0.226. The maximum absolute atomic E-state index is 2.49. The molecule has 0 radical (unpaired) electrons. The molecule has 0 bridgehead atoms. The molecular formula is C44H30. The Hall–Kier alpha value is -5.46. The van der Waals surface area contributed by atoms with Crippen LogP contribution in [0.5, 0.6) is 0 Å². The first-order valence-corrected chi connectivity index (χ1v) is 15.5. The van der Waals surface area contributed by atoms with E-state index in [0.29, 0.717) is 0 Å². The van der Waals surface area contributed by atoms with Crippen LogP contribution in [0.4, 0.5) is 0 Å². The molecule has 2 aliphatic rings. The Morgan fingerprint density at radius 3 is 1.52 bits per heavy atom. The molecule has 1 atom stereocenters. The van der Waals surface area contributed by atoms with E-state index in [2.05, 4.69) is 164 Å². The summed E-state index contributed by atoms with van der Waals surface area (Å²) in [6, 6.07) is 60.6. The molecule has 0 fully saturated rings. The zero-order valence-electron chi connectivity index (χ0n) is 24.4. The van der Waals surface area contributed by atoms with Gasteiger partial charge in [0.05, 0.1) is 0 Å². The molecule has 206 valence electrons. The van der Waals surface area contributed by atoms with Crippen LogP contribution in [0, 0.1) is 0 Å². The SMILES string of the molecule is c1ccc(-c2cc(-c3ccccc3)cc(-c3ccc(C4c5ccccc5-c5cc6c(cc54)-c4ccccc4C6)cc3)c2)cc1. The molecule has 2 aliphatic carbocycles. The normalized spacial score (nSPS) is 14.0. The molecular weight excluding hydrogens is 528 g/mol. The highest BCUT2D eigenvalue weighted by Gasteiger charge is 2.32. The van der Waals surface area contributed by atoms with Gasteiger partial charge in [0.1, 0.15) is 0 Å². The Bertz CT molecular complexity index is 2110. The third kappa shape index (κ3) is 4.07. The molecule has 7 aromatic rings. The molecule has 0 saturated carbocycles. The highest BCUT2D eigenvalue weighted by Crippen LogP contribution is 2.51. The van der Waals surface area contributed by atoms with Crippen molar-refractivity contribution in [3.05, 3.63) is 192 Å². The van der Waals surface area contributed by atoms with Crippen LogP contribution in [0.3, 0.4) is 0 Å². The molecule has 1 unspecified atom stereocenters. The van der Waals surface area contributed by atoms with Gasteiger partial charge in [-0.1, -0.05) is 133 Å². The van der Waals surface area contributed by atoms with E-state index in [9.17, 15) is 0 Å². The van der Waals surface area contributed by atoms with E-state index < -0.39 is 0 Å². The van der Waals surface area contributed by atoms with Crippen LogP contribution < -0.4 is 0 Å². The van der Waals surface area contributed by atoms with Gasteiger partial charge in [-0.2, -0.15) is 0 Å². The largest absolute Gasteiger partial charge is 0.0622 e. The fourth-order valence-corrected chi connectivity index (χ4v) is 7.45. The fraction of sp³-hybridized carbons (Fsp3) is 0.0455. The Morgan fingerprint density at radius 1 is 0.318 bits per heavy atom. The minimum atomic E-state index is 0.226. The smallest absolute Gasteiger partial charge is 0.0352 e. The maximum Gasteiger partial charge on any atom is 0.0352 e. The van der Waals surface area contributed by atoms with Crippen molar-refractivity contribution in [2.75, 3.05) is 0 Å². The topological polar surface area (TPSA) is 0 Å². The summed E-state index contributed by atoms with van der Waals surface area (Å²) in [6.45, 7) is 0. The lowest BCUT2D eigenvalue weighted by Gasteiger charge is -2.17. The first-order valence-electron chi connectivity index (χ1n) is 15.5. The highest BCUT2D eigenvalue weighted by molar-refractivity contribution is 5.88. The van der Waals surface area contributed by atoms with E-state index >= 15 is 0 Å². The van der Waals surface area contributed by atoms with Crippen LogP contribution in [-0.4, -0.2) is 0 Å². The highest BCUT2D eigenvalue weighted by atomic mass is 14.4. The van der Waals surface area contributed by atoms with Crippen LogP contribution in [-0.2, 0) is 6.42 Å². The second-order valence-corrected chi connectivity index (χ2v) is 12.1. The molecule has 0 amide bonds. The van der Waals surface area contributed by atoms with Gasteiger partial charge in [-0.15, -0.1) is 0 Å². The lowest BCUT2D eigenvalue weighted by Crippen LogP contribution is -1.99. The first-order chi connectivity index (χ1) is 21.8. The molecule has 0 saturated heterocycles. The molecule has 0 heteroatoms. The van der Waals surface area contributed by atoms with Gasteiger partial charge >= 0.3 is 0 Å². The quantitative estimate of drug-likeness (QED) is 0.201. The zero-order chi connectivity index (χ0) is 29.0. The van der Waals surface area contributed by atoms with Crippen molar-refractivity contribution in [3.8, 4) is 55.6 Å². The molecule has 0 heterocycles. The van der Waals surface area contributed by atoms with Gasteiger partial charge in [-0.05, 0) is 120 Å². The maximum atomic E-state index is 2.49. The lowest BCUT2D eigenvalue weighted by atomic mass is 9.86. The van der Waals surface area contributed by atoms with E-state index in [0.717, 1.165) is 6.42 Å². The predicted molar refractivity (Wildman–Crippen MR) is 184 cm³/mol. The van der Waals surface area contributed by atoms with Gasteiger partial charge in [-0.3, -0.25) is 0 Å². The van der Waals surface area contributed by atoms with Crippen molar-refractivity contribution in [1.29, 1.82) is 0 Å². The van der Waals surface area contributed by atoms with Gasteiger partial charge < -0.3 is 0 Å². The Morgan fingerprint density at radius 2 is 0.864 bits per heavy atom. The number of fused-ring (bicyclic) bond motifs is 6.